The Hall–Kier alpha value is -2.49. The van der Waals surface area contributed by atoms with Gasteiger partial charge in [0, 0.05) is 14.0 Å². The van der Waals surface area contributed by atoms with E-state index < -0.39 is 174 Å². The number of carboxylic acids is 2. The molecule has 0 aromatic carbocycles. The van der Waals surface area contributed by atoms with Crippen LogP contribution in [0.2, 0.25) is 0 Å². The lowest BCUT2D eigenvalue weighted by molar-refractivity contribution is -0.369. The molecule has 30 nitrogen and oxygen atoms in total. The molecule has 342 valence electrons. The number of carbonyl (C=O) groups is 3. The Bertz CT molecular complexity index is 1690. The lowest BCUT2D eigenvalue weighted by Gasteiger charge is -2.49. The maximum absolute atomic E-state index is 12.5. The first kappa shape index (κ1) is 49.2. The molecule has 4 fully saturated rings. The number of methoxy groups -OCH3 is 1. The van der Waals surface area contributed by atoms with Crippen LogP contribution >= 0.6 is 0 Å². The molecular formula is C27H44N2O28S2. The van der Waals surface area contributed by atoms with E-state index in [1.54, 1.807) is 0 Å². The zero-order valence-electron chi connectivity index (χ0n) is 30.2. The van der Waals surface area contributed by atoms with Crippen molar-refractivity contribution in [2.45, 2.75) is 130 Å². The van der Waals surface area contributed by atoms with Crippen LogP contribution in [0, 0.1) is 0 Å². The molecule has 0 bridgehead atoms. The van der Waals surface area contributed by atoms with E-state index in [0.717, 1.165) is 14.0 Å². The summed E-state index contributed by atoms with van der Waals surface area (Å²) in [7, 11) is -9.79. The first-order valence-electron chi connectivity index (χ1n) is 16.9. The van der Waals surface area contributed by atoms with E-state index in [1.807, 2.05) is 0 Å². The van der Waals surface area contributed by atoms with Crippen molar-refractivity contribution in [3.63, 3.8) is 0 Å². The van der Waals surface area contributed by atoms with Crippen LogP contribution in [-0.2, 0) is 77.2 Å². The van der Waals surface area contributed by atoms with Gasteiger partial charge in [-0.1, -0.05) is 0 Å². The number of aliphatic hydroxyl groups is 8. The van der Waals surface area contributed by atoms with Crippen LogP contribution in [0.1, 0.15) is 6.92 Å². The molecule has 0 unspecified atom stereocenters. The van der Waals surface area contributed by atoms with Crippen molar-refractivity contribution in [3.05, 3.63) is 0 Å². The van der Waals surface area contributed by atoms with Crippen LogP contribution in [0.15, 0.2) is 0 Å². The van der Waals surface area contributed by atoms with Crippen molar-refractivity contribution in [1.82, 2.24) is 10.0 Å². The van der Waals surface area contributed by atoms with Crippen LogP contribution < -0.4 is 10.0 Å². The second-order valence-corrected chi connectivity index (χ2v) is 15.6. The normalized spacial score (nSPS) is 43.5. The summed E-state index contributed by atoms with van der Waals surface area (Å²) in [6.07, 6.45) is -39.9. The maximum atomic E-state index is 12.5. The summed E-state index contributed by atoms with van der Waals surface area (Å²) >= 11 is 0. The minimum Gasteiger partial charge on any atom is -0.479 e. The summed E-state index contributed by atoms with van der Waals surface area (Å²) in [5, 5.41) is 107. The number of carbonyl (C=O) groups excluding carboxylic acids is 1. The monoisotopic (exact) mass is 908 g/mol. The number of hydrogen-bond acceptors (Lipinski definition) is 24. The van der Waals surface area contributed by atoms with E-state index in [9.17, 15) is 91.4 Å². The van der Waals surface area contributed by atoms with Crippen molar-refractivity contribution >= 4 is 38.5 Å². The molecule has 4 rings (SSSR count). The fourth-order valence-electron chi connectivity index (χ4n) is 6.54. The third-order valence-corrected chi connectivity index (χ3v) is 10.3. The Kier molecular flexibility index (Phi) is 16.4. The highest BCUT2D eigenvalue weighted by atomic mass is 32.3. The first-order valence-corrected chi connectivity index (χ1v) is 19.7. The lowest BCUT2D eigenvalue weighted by Crippen LogP contribution is -2.70. The van der Waals surface area contributed by atoms with Crippen molar-refractivity contribution < 1.29 is 133 Å². The van der Waals surface area contributed by atoms with Crippen molar-refractivity contribution in [1.29, 1.82) is 0 Å². The average Bonchev–Trinajstić information content (AvgIpc) is 3.13. The van der Waals surface area contributed by atoms with Gasteiger partial charge in [0.1, 0.15) is 85.3 Å². The highest BCUT2D eigenvalue weighted by molar-refractivity contribution is 7.83. The number of rotatable bonds is 16. The molecule has 4 aliphatic rings. The van der Waals surface area contributed by atoms with Gasteiger partial charge >= 0.3 is 32.6 Å². The SMILES string of the molecule is CO[C@@H]1O[C@H](CO)[C@@H](O)[C@H](O[C@@H]2O[C@H](C(=O)O)[C@@H](O[C@H]3O[C@H](COS(=O)(=O)O)[C@@H](O[C@@H]4O[C@H](C(=O)O)[C@@H](O)[C@H](O)[C@H]4O)[C@H](O)[C@H]3NS(=O)(=O)O)[C@H](O)[C@H]2O)[C@H]1NC(C)=O. The molecule has 0 aromatic heterocycles. The first-order chi connectivity index (χ1) is 27.3. The van der Waals surface area contributed by atoms with Gasteiger partial charge in [0.2, 0.25) is 5.91 Å². The van der Waals surface area contributed by atoms with Gasteiger partial charge in [0.25, 0.3) is 0 Å². The Morgan fingerprint density at radius 1 is 0.610 bits per heavy atom. The summed E-state index contributed by atoms with van der Waals surface area (Å²) in [5.41, 5.74) is 0. The third kappa shape index (κ3) is 11.7. The molecular weight excluding hydrogens is 864 g/mol. The fourth-order valence-corrected chi connectivity index (χ4v) is 7.44. The highest BCUT2D eigenvalue weighted by Crippen LogP contribution is 2.35. The summed E-state index contributed by atoms with van der Waals surface area (Å²) in [4.78, 5) is 36.1. The summed E-state index contributed by atoms with van der Waals surface area (Å²) in [6, 6.07) is -3.90. The van der Waals surface area contributed by atoms with Gasteiger partial charge in [-0.05, 0) is 0 Å². The van der Waals surface area contributed by atoms with Crippen LogP contribution in [0.5, 0.6) is 0 Å². The van der Waals surface area contributed by atoms with Crippen LogP contribution in [-0.4, -0.2) is 238 Å². The molecule has 14 N–H and O–H groups in total. The van der Waals surface area contributed by atoms with E-state index in [0.29, 0.717) is 0 Å². The standard InChI is InChI=1S/C27H44N2O28S2/c1-5(31)28-9-18(10(32)6(3-30)51-24(9)49-2)54-27-16(38)14(36)19(21(57-27)23(41)42)55-25-8(29-58(43,44)45)11(33)17(7(52-25)4-50-59(46,47)48)53-26-15(37)12(34)13(35)20(56-26)22(39)40/h6-21,24-27,29-30,32-38H,3-4H2,1-2H3,(H,28,31)(H,39,40)(H,41,42)(H,43,44,45)(H,46,47,48)/t6-,7-,8-,9-,10-,11-,12+,13+,14-,15-,16-,17-,18-,19+,20+,21+,24-,25-,26-,27-/m1/s1. The van der Waals surface area contributed by atoms with Crippen molar-refractivity contribution in [2.24, 2.45) is 0 Å². The summed E-state index contributed by atoms with van der Waals surface area (Å²) in [6.45, 7) is -1.25. The van der Waals surface area contributed by atoms with E-state index in [1.165, 1.54) is 4.72 Å². The smallest absolute Gasteiger partial charge is 0.397 e. The average molecular weight is 909 g/mol. The molecule has 4 saturated heterocycles. The largest absolute Gasteiger partial charge is 0.479 e. The minimum absolute atomic E-state index is 0.732. The Balaban J connectivity index is 1.67. The van der Waals surface area contributed by atoms with Gasteiger partial charge in [-0.25, -0.2) is 13.8 Å². The van der Waals surface area contributed by atoms with Gasteiger partial charge < -0.3 is 94.3 Å². The molecule has 0 aromatic rings. The van der Waals surface area contributed by atoms with Crippen LogP contribution in [0.25, 0.3) is 0 Å². The Labute approximate surface area is 331 Å². The number of nitrogens with one attached hydrogen (secondary N) is 2. The Morgan fingerprint density at radius 2 is 1.14 bits per heavy atom. The molecule has 59 heavy (non-hydrogen) atoms. The second-order valence-electron chi connectivity index (χ2n) is 13.3. The quantitative estimate of drug-likeness (QED) is 0.0639. The zero-order chi connectivity index (χ0) is 44.5. The van der Waals surface area contributed by atoms with Gasteiger partial charge in [-0.3, -0.25) is 13.9 Å². The molecule has 32 heteroatoms. The second kappa shape index (κ2) is 19.7. The van der Waals surface area contributed by atoms with E-state index in [2.05, 4.69) is 9.50 Å². The topological polar surface area (TPSA) is 469 Å². The van der Waals surface area contributed by atoms with Gasteiger partial charge in [-0.2, -0.15) is 21.6 Å². The molecule has 4 heterocycles. The third-order valence-electron chi connectivity index (χ3n) is 9.27. The molecule has 0 saturated carbocycles. The van der Waals surface area contributed by atoms with Crippen molar-refractivity contribution in [2.75, 3.05) is 20.3 Å². The number of carboxylic acid groups (broad SMARTS) is 2. The number of amides is 1. The summed E-state index contributed by atoms with van der Waals surface area (Å²) < 4.78 is 115. The predicted molar refractivity (Wildman–Crippen MR) is 174 cm³/mol. The molecule has 0 aliphatic carbocycles. The predicted octanol–water partition coefficient (Wildman–Crippen LogP) is -9.54. The van der Waals surface area contributed by atoms with E-state index in [-0.39, 0.29) is 0 Å². The number of aliphatic carboxylic acids is 2. The molecule has 4 aliphatic heterocycles. The molecule has 20 atom stereocenters. The van der Waals surface area contributed by atoms with Gasteiger partial charge in [0.15, 0.2) is 37.4 Å². The Morgan fingerprint density at radius 3 is 1.64 bits per heavy atom. The van der Waals surface area contributed by atoms with Crippen LogP contribution in [0.3, 0.4) is 0 Å². The zero-order valence-corrected chi connectivity index (χ0v) is 31.8. The minimum atomic E-state index is -5.49. The number of hydrogen-bond donors (Lipinski definition) is 14. The fraction of sp³-hybridized carbons (Fsp3) is 0.889. The van der Waals surface area contributed by atoms with E-state index in [4.69, 9.17) is 37.9 Å². The molecule has 0 radical (unpaired) electrons. The van der Waals surface area contributed by atoms with Crippen molar-refractivity contribution in [3.8, 4) is 0 Å². The van der Waals surface area contributed by atoms with Gasteiger partial charge in [0.05, 0.1) is 13.2 Å². The molecule has 0 spiro atoms. The number of aliphatic hydroxyl groups excluding tert-OH is 8. The van der Waals surface area contributed by atoms with E-state index >= 15 is 0 Å². The number of ether oxygens (including phenoxy) is 8. The van der Waals surface area contributed by atoms with Gasteiger partial charge in [-0.15, -0.1) is 0 Å². The maximum Gasteiger partial charge on any atom is 0.397 e. The molecule has 1 amide bonds. The summed E-state index contributed by atoms with van der Waals surface area (Å²) in [5.74, 6) is -4.65. The lowest BCUT2D eigenvalue weighted by atomic mass is 9.94. The van der Waals surface area contributed by atoms with Crippen LogP contribution in [0.4, 0.5) is 0 Å². The highest BCUT2D eigenvalue weighted by Gasteiger charge is 2.58.